The van der Waals surface area contributed by atoms with Crippen LogP contribution in [0.2, 0.25) is 0 Å². The van der Waals surface area contributed by atoms with Crippen molar-refractivity contribution in [3.63, 3.8) is 0 Å². The van der Waals surface area contributed by atoms with Crippen molar-refractivity contribution in [3.05, 3.63) is 72.9 Å². The Morgan fingerprint density at radius 2 is 0.481 bits per heavy atom. The Labute approximate surface area is 503 Å². The second kappa shape index (κ2) is 69.3. The van der Waals surface area contributed by atoms with Gasteiger partial charge < -0.3 is 14.2 Å². The van der Waals surface area contributed by atoms with Crippen molar-refractivity contribution in [2.75, 3.05) is 13.2 Å². The molecule has 0 fully saturated rings. The molecule has 0 amide bonds. The molecular weight excluding hydrogens is 997 g/mol. The topological polar surface area (TPSA) is 78.9 Å². The maximum absolute atomic E-state index is 12.9. The summed E-state index contributed by atoms with van der Waals surface area (Å²) >= 11 is 0. The third kappa shape index (κ3) is 67.5. The zero-order chi connectivity index (χ0) is 58.5. The van der Waals surface area contributed by atoms with E-state index in [2.05, 4.69) is 93.7 Å². The fraction of sp³-hybridized carbons (Fsp3) is 0.800. The maximum Gasteiger partial charge on any atom is 0.306 e. The van der Waals surface area contributed by atoms with E-state index in [0.717, 1.165) is 83.5 Å². The van der Waals surface area contributed by atoms with E-state index < -0.39 is 6.10 Å². The minimum atomic E-state index is -0.800. The van der Waals surface area contributed by atoms with Crippen LogP contribution < -0.4 is 0 Å². The summed E-state index contributed by atoms with van der Waals surface area (Å²) in [6, 6.07) is 0. The van der Waals surface area contributed by atoms with Gasteiger partial charge in [0.25, 0.3) is 0 Å². The van der Waals surface area contributed by atoms with Crippen molar-refractivity contribution in [1.29, 1.82) is 0 Å². The van der Waals surface area contributed by atoms with Gasteiger partial charge in [0.05, 0.1) is 0 Å². The quantitative estimate of drug-likeness (QED) is 0.0261. The van der Waals surface area contributed by atoms with E-state index in [1.54, 1.807) is 0 Å². The van der Waals surface area contributed by atoms with Crippen LogP contribution >= 0.6 is 0 Å². The lowest BCUT2D eigenvalue weighted by atomic mass is 10.0. The Bertz CT molecular complexity index is 1490. The monoisotopic (exact) mass is 1130 g/mol. The number of allylic oxidation sites excluding steroid dienone is 12. The molecule has 0 aromatic heterocycles. The van der Waals surface area contributed by atoms with Crippen molar-refractivity contribution in [2.24, 2.45) is 0 Å². The fourth-order valence-electron chi connectivity index (χ4n) is 10.4. The lowest BCUT2D eigenvalue weighted by Gasteiger charge is -2.18. The number of hydrogen-bond donors (Lipinski definition) is 0. The van der Waals surface area contributed by atoms with Crippen molar-refractivity contribution in [2.45, 2.75) is 374 Å². The van der Waals surface area contributed by atoms with Crippen LogP contribution in [0.4, 0.5) is 0 Å². The summed E-state index contributed by atoms with van der Waals surface area (Å²) in [6.45, 7) is 6.51. The second-order valence-electron chi connectivity index (χ2n) is 23.8. The third-order valence-corrected chi connectivity index (χ3v) is 15.7. The molecule has 6 heteroatoms. The standard InChI is InChI=1S/C75H134O6/c1-4-7-10-13-16-19-22-25-27-28-29-30-31-32-33-34-35-36-37-38-39-40-41-42-43-44-45-46-48-50-53-56-59-62-65-68-74(77)80-71-72(70-79-73(76)67-64-61-58-55-52-49-24-21-18-15-12-9-6-3)81-75(78)69-66-63-60-57-54-51-47-26-23-20-17-14-11-8-5-2/h8,11,17,20-21,24,26,28-29,47,54,57,72H,4-7,9-10,12-16,18-19,22-23,25,27,30-46,48-53,55-56,58-71H2,1-3H3/b11-8-,20-17-,24-21-,29-28-,47-26-,57-54-. The first-order chi connectivity index (χ1) is 40.0. The first-order valence-corrected chi connectivity index (χ1v) is 35.4. The summed E-state index contributed by atoms with van der Waals surface area (Å²) in [4.78, 5) is 38.3. The molecule has 0 aliphatic carbocycles. The summed E-state index contributed by atoms with van der Waals surface area (Å²) in [5, 5.41) is 0. The number of ether oxygens (including phenoxy) is 3. The molecule has 0 aromatic carbocycles. The van der Waals surface area contributed by atoms with Crippen LogP contribution in [0.1, 0.15) is 367 Å². The van der Waals surface area contributed by atoms with Gasteiger partial charge >= 0.3 is 17.9 Å². The number of rotatable bonds is 65. The molecule has 1 atom stereocenters. The van der Waals surface area contributed by atoms with Gasteiger partial charge in [-0.1, -0.05) is 312 Å². The largest absolute Gasteiger partial charge is 0.462 e. The Balaban J connectivity index is 4.09. The number of esters is 3. The Morgan fingerprint density at radius 3 is 0.802 bits per heavy atom. The first-order valence-electron chi connectivity index (χ1n) is 35.4. The zero-order valence-corrected chi connectivity index (χ0v) is 54.1. The van der Waals surface area contributed by atoms with Gasteiger partial charge in [0, 0.05) is 19.3 Å². The Hall–Kier alpha value is -3.15. The molecule has 0 saturated heterocycles. The predicted molar refractivity (Wildman–Crippen MR) is 353 cm³/mol. The van der Waals surface area contributed by atoms with Crippen molar-refractivity contribution in [3.8, 4) is 0 Å². The molecule has 0 aliphatic rings. The van der Waals surface area contributed by atoms with Gasteiger partial charge in [-0.3, -0.25) is 14.4 Å². The maximum atomic E-state index is 12.9. The van der Waals surface area contributed by atoms with Crippen LogP contribution in [0.3, 0.4) is 0 Å². The van der Waals surface area contributed by atoms with Crippen LogP contribution in [-0.2, 0) is 28.6 Å². The molecule has 6 nitrogen and oxygen atoms in total. The number of carbonyl (C=O) groups is 3. The highest BCUT2D eigenvalue weighted by Gasteiger charge is 2.19. The average molecular weight is 1130 g/mol. The van der Waals surface area contributed by atoms with Crippen LogP contribution in [0.25, 0.3) is 0 Å². The lowest BCUT2D eigenvalue weighted by Crippen LogP contribution is -2.30. The number of hydrogen-bond acceptors (Lipinski definition) is 6. The Kier molecular flexibility index (Phi) is 66.6. The predicted octanol–water partition coefficient (Wildman–Crippen LogP) is 24.4. The van der Waals surface area contributed by atoms with Crippen molar-refractivity contribution >= 4 is 17.9 Å². The zero-order valence-electron chi connectivity index (χ0n) is 54.1. The van der Waals surface area contributed by atoms with Gasteiger partial charge in [-0.15, -0.1) is 0 Å². The van der Waals surface area contributed by atoms with E-state index in [9.17, 15) is 14.4 Å². The van der Waals surface area contributed by atoms with Crippen LogP contribution in [0.5, 0.6) is 0 Å². The fourth-order valence-corrected chi connectivity index (χ4v) is 10.4. The van der Waals surface area contributed by atoms with E-state index in [1.165, 1.54) is 238 Å². The van der Waals surface area contributed by atoms with Gasteiger partial charge in [0.1, 0.15) is 13.2 Å². The summed E-state index contributed by atoms with van der Waals surface area (Å²) < 4.78 is 16.9. The number of carbonyl (C=O) groups excluding carboxylic acids is 3. The molecule has 0 aromatic rings. The molecule has 0 N–H and O–H groups in total. The van der Waals surface area contributed by atoms with Crippen LogP contribution in [0.15, 0.2) is 72.9 Å². The van der Waals surface area contributed by atoms with Crippen LogP contribution in [-0.4, -0.2) is 37.2 Å². The Morgan fingerprint density at radius 1 is 0.259 bits per heavy atom. The van der Waals surface area contributed by atoms with Gasteiger partial charge in [-0.25, -0.2) is 0 Å². The van der Waals surface area contributed by atoms with E-state index >= 15 is 0 Å². The molecule has 470 valence electrons. The van der Waals surface area contributed by atoms with Gasteiger partial charge in [0.2, 0.25) is 0 Å². The van der Waals surface area contributed by atoms with Gasteiger partial charge in [-0.05, 0) is 109 Å². The normalized spacial score (nSPS) is 12.5. The van der Waals surface area contributed by atoms with E-state index in [-0.39, 0.29) is 37.5 Å². The second-order valence-corrected chi connectivity index (χ2v) is 23.8. The molecule has 0 heterocycles. The summed E-state index contributed by atoms with van der Waals surface area (Å²) in [5.74, 6) is -0.927. The molecule has 0 radical (unpaired) electrons. The lowest BCUT2D eigenvalue weighted by molar-refractivity contribution is -0.167. The van der Waals surface area contributed by atoms with Crippen molar-refractivity contribution in [1.82, 2.24) is 0 Å². The first kappa shape index (κ1) is 77.9. The highest BCUT2D eigenvalue weighted by atomic mass is 16.6. The summed E-state index contributed by atoms with van der Waals surface area (Å²) in [5.41, 5.74) is 0. The molecule has 0 saturated carbocycles. The SMILES string of the molecule is CC/C=C\C/C=C\C/C=C\C/C=C\CCCCC(=O)OC(COC(=O)CCCCCCC/C=C\CCCCCC)COC(=O)CCCCCCCCCCCCCCCCCCCCCCCCC/C=C\CCCCCCCCCC. The van der Waals surface area contributed by atoms with E-state index in [0.29, 0.717) is 19.3 Å². The van der Waals surface area contributed by atoms with Gasteiger partial charge in [-0.2, -0.15) is 0 Å². The highest BCUT2D eigenvalue weighted by molar-refractivity contribution is 5.71. The number of unbranched alkanes of at least 4 members (excludes halogenated alkanes) is 42. The minimum absolute atomic E-state index is 0.0917. The average Bonchev–Trinajstić information content (AvgIpc) is 3.46. The van der Waals surface area contributed by atoms with Gasteiger partial charge in [0.15, 0.2) is 6.10 Å². The smallest absolute Gasteiger partial charge is 0.306 e. The molecule has 0 bridgehead atoms. The molecule has 0 rings (SSSR count). The van der Waals surface area contributed by atoms with E-state index in [4.69, 9.17) is 14.2 Å². The third-order valence-electron chi connectivity index (χ3n) is 15.7. The molecule has 1 unspecified atom stereocenters. The van der Waals surface area contributed by atoms with Crippen LogP contribution in [0, 0.1) is 0 Å². The molecule has 81 heavy (non-hydrogen) atoms. The molecular formula is C75H134O6. The summed E-state index contributed by atoms with van der Waals surface area (Å²) in [6.07, 6.45) is 91.1. The van der Waals surface area contributed by atoms with E-state index in [1.807, 2.05) is 0 Å². The highest BCUT2D eigenvalue weighted by Crippen LogP contribution is 2.18. The molecule has 0 aliphatic heterocycles. The minimum Gasteiger partial charge on any atom is -0.462 e. The summed E-state index contributed by atoms with van der Waals surface area (Å²) in [7, 11) is 0. The molecule has 0 spiro atoms. The van der Waals surface area contributed by atoms with Crippen molar-refractivity contribution < 1.29 is 28.6 Å².